The van der Waals surface area contributed by atoms with Crippen molar-refractivity contribution in [2.45, 2.75) is 19.4 Å². The molecule has 2 aliphatic rings. The average molecular weight is 410 g/mol. The lowest BCUT2D eigenvalue weighted by atomic mass is 10.2. The molecule has 25 heavy (non-hydrogen) atoms. The average Bonchev–Trinajstić information content (AvgIpc) is 2.91. The number of hydrogen-bond donors (Lipinski definition) is 0. The van der Waals surface area contributed by atoms with Crippen LogP contribution in [0.25, 0.3) is 0 Å². The minimum Gasteiger partial charge on any atom is -0.450 e. The molecular formula is C17H20BrN3O4. The number of hydrogen-bond acceptors (Lipinski definition) is 5. The van der Waals surface area contributed by atoms with E-state index in [9.17, 15) is 14.4 Å². The lowest BCUT2D eigenvalue weighted by Crippen LogP contribution is -2.54. The van der Waals surface area contributed by atoms with Crippen LogP contribution in [0.3, 0.4) is 0 Å². The third-order valence-electron chi connectivity index (χ3n) is 4.49. The predicted octanol–water partition coefficient (Wildman–Crippen LogP) is 1.86. The van der Waals surface area contributed by atoms with Crippen LogP contribution in [-0.4, -0.2) is 66.5 Å². The van der Waals surface area contributed by atoms with Crippen LogP contribution >= 0.6 is 15.9 Å². The van der Waals surface area contributed by atoms with Crippen molar-refractivity contribution in [2.24, 2.45) is 0 Å². The summed E-state index contributed by atoms with van der Waals surface area (Å²) >= 11 is 3.35. The van der Waals surface area contributed by atoms with Crippen molar-refractivity contribution in [1.82, 2.24) is 9.80 Å². The quantitative estimate of drug-likeness (QED) is 0.712. The summed E-state index contributed by atoms with van der Waals surface area (Å²) in [7, 11) is 0. The molecule has 1 atom stereocenters. The third-order valence-corrected chi connectivity index (χ3v) is 5.02. The zero-order valence-corrected chi connectivity index (χ0v) is 15.6. The van der Waals surface area contributed by atoms with Crippen molar-refractivity contribution in [1.29, 1.82) is 0 Å². The summed E-state index contributed by atoms with van der Waals surface area (Å²) < 4.78 is 5.89. The van der Waals surface area contributed by atoms with Gasteiger partial charge in [0.25, 0.3) is 5.91 Å². The Morgan fingerprint density at radius 1 is 1.16 bits per heavy atom. The minimum atomic E-state index is -0.458. The van der Waals surface area contributed by atoms with E-state index in [2.05, 4.69) is 15.9 Å². The Bertz CT molecular complexity index is 671. The fraction of sp³-hybridized carbons (Fsp3) is 0.471. The molecule has 0 aliphatic carbocycles. The number of imide groups is 1. The molecule has 1 aromatic carbocycles. The van der Waals surface area contributed by atoms with Crippen LogP contribution in [0.1, 0.15) is 13.3 Å². The van der Waals surface area contributed by atoms with Gasteiger partial charge in [-0.1, -0.05) is 15.9 Å². The fourth-order valence-corrected chi connectivity index (χ4v) is 3.46. The lowest BCUT2D eigenvalue weighted by Gasteiger charge is -2.36. The van der Waals surface area contributed by atoms with Crippen LogP contribution in [-0.2, 0) is 14.3 Å². The highest BCUT2D eigenvalue weighted by atomic mass is 79.9. The number of carbonyl (C=O) groups excluding carboxylic acids is 3. The first-order valence-electron chi connectivity index (χ1n) is 8.29. The predicted molar refractivity (Wildman–Crippen MR) is 95.2 cm³/mol. The number of anilines is 1. The van der Waals surface area contributed by atoms with Crippen LogP contribution in [0.4, 0.5) is 10.5 Å². The Labute approximate surface area is 154 Å². The summed E-state index contributed by atoms with van der Waals surface area (Å²) in [6.07, 6.45) is -0.152. The van der Waals surface area contributed by atoms with Gasteiger partial charge in [0.1, 0.15) is 0 Å². The fourth-order valence-electron chi connectivity index (χ4n) is 3.19. The molecule has 0 N–H and O–H groups in total. The molecular weight excluding hydrogens is 390 g/mol. The number of ether oxygens (including phenoxy) is 1. The van der Waals surface area contributed by atoms with E-state index in [4.69, 9.17) is 4.74 Å². The molecule has 0 bridgehead atoms. The maximum atomic E-state index is 12.8. The van der Waals surface area contributed by atoms with Gasteiger partial charge in [0, 0.05) is 30.7 Å². The molecule has 2 heterocycles. The van der Waals surface area contributed by atoms with E-state index >= 15 is 0 Å². The minimum absolute atomic E-state index is 0.175. The van der Waals surface area contributed by atoms with E-state index in [-0.39, 0.29) is 24.3 Å². The van der Waals surface area contributed by atoms with E-state index in [1.54, 1.807) is 36.1 Å². The standard InChI is InChI=1S/C17H20BrN3O4/c1-2-25-17(24)20-9-7-19(8-10-20)14-11-15(22)21(16(14)23)13-5-3-12(18)4-6-13/h3-6,14H,2,7-11H2,1H3/t14-/m1/s1. The molecule has 0 radical (unpaired) electrons. The zero-order chi connectivity index (χ0) is 18.0. The number of piperazine rings is 1. The van der Waals surface area contributed by atoms with Gasteiger partial charge < -0.3 is 9.64 Å². The summed E-state index contributed by atoms with van der Waals surface area (Å²) in [6.45, 7) is 4.21. The maximum absolute atomic E-state index is 12.8. The molecule has 2 fully saturated rings. The van der Waals surface area contributed by atoms with Crippen LogP contribution < -0.4 is 4.90 Å². The number of benzene rings is 1. The second-order valence-electron chi connectivity index (χ2n) is 5.99. The highest BCUT2D eigenvalue weighted by Crippen LogP contribution is 2.27. The topological polar surface area (TPSA) is 70.2 Å². The summed E-state index contributed by atoms with van der Waals surface area (Å²) in [6, 6.07) is 6.66. The molecule has 0 spiro atoms. The van der Waals surface area contributed by atoms with Crippen molar-refractivity contribution in [3.63, 3.8) is 0 Å². The van der Waals surface area contributed by atoms with Gasteiger partial charge in [0.15, 0.2) is 0 Å². The number of nitrogens with zero attached hydrogens (tertiary/aromatic N) is 3. The smallest absolute Gasteiger partial charge is 0.409 e. The van der Waals surface area contributed by atoms with Crippen molar-refractivity contribution < 1.29 is 19.1 Å². The Hall–Kier alpha value is -1.93. The largest absolute Gasteiger partial charge is 0.450 e. The Kier molecular flexibility index (Phi) is 5.39. The van der Waals surface area contributed by atoms with Gasteiger partial charge in [-0.05, 0) is 31.2 Å². The molecule has 134 valence electrons. The highest BCUT2D eigenvalue weighted by Gasteiger charge is 2.43. The van der Waals surface area contributed by atoms with E-state index in [0.29, 0.717) is 38.5 Å². The summed E-state index contributed by atoms with van der Waals surface area (Å²) in [5, 5.41) is 0. The van der Waals surface area contributed by atoms with Crippen LogP contribution in [0, 0.1) is 0 Å². The van der Waals surface area contributed by atoms with Gasteiger partial charge in [0.2, 0.25) is 5.91 Å². The lowest BCUT2D eigenvalue weighted by molar-refractivity contribution is -0.123. The van der Waals surface area contributed by atoms with Gasteiger partial charge in [-0.15, -0.1) is 0 Å². The normalized spacial score (nSPS) is 21.8. The van der Waals surface area contributed by atoms with Gasteiger partial charge in [0.05, 0.1) is 24.8 Å². The highest BCUT2D eigenvalue weighted by molar-refractivity contribution is 9.10. The maximum Gasteiger partial charge on any atom is 0.409 e. The molecule has 7 nitrogen and oxygen atoms in total. The summed E-state index contributed by atoms with van der Waals surface area (Å²) in [5.41, 5.74) is 0.589. The summed E-state index contributed by atoms with van der Waals surface area (Å²) in [5.74, 6) is -0.387. The molecule has 1 aromatic rings. The van der Waals surface area contributed by atoms with Gasteiger partial charge in [-0.3, -0.25) is 14.5 Å². The first kappa shape index (κ1) is 17.9. The van der Waals surface area contributed by atoms with Gasteiger partial charge >= 0.3 is 6.09 Å². The van der Waals surface area contributed by atoms with Crippen molar-refractivity contribution in [3.8, 4) is 0 Å². The zero-order valence-electron chi connectivity index (χ0n) is 14.0. The van der Waals surface area contributed by atoms with Crippen molar-refractivity contribution in [3.05, 3.63) is 28.7 Å². The van der Waals surface area contributed by atoms with E-state index < -0.39 is 6.04 Å². The van der Waals surface area contributed by atoms with Crippen LogP contribution in [0.2, 0.25) is 0 Å². The van der Waals surface area contributed by atoms with Crippen LogP contribution in [0.5, 0.6) is 0 Å². The monoisotopic (exact) mass is 409 g/mol. The van der Waals surface area contributed by atoms with Crippen LogP contribution in [0.15, 0.2) is 28.7 Å². The van der Waals surface area contributed by atoms with Crippen molar-refractivity contribution in [2.75, 3.05) is 37.7 Å². The van der Waals surface area contributed by atoms with E-state index in [1.165, 1.54) is 4.90 Å². The number of carbonyl (C=O) groups is 3. The molecule has 2 aliphatic heterocycles. The van der Waals surface area contributed by atoms with Gasteiger partial charge in [-0.2, -0.15) is 0 Å². The Morgan fingerprint density at radius 2 is 1.80 bits per heavy atom. The third kappa shape index (κ3) is 3.69. The molecule has 0 aromatic heterocycles. The molecule has 3 rings (SSSR count). The molecule has 0 unspecified atom stereocenters. The van der Waals surface area contributed by atoms with E-state index in [0.717, 1.165) is 4.47 Å². The SMILES string of the molecule is CCOC(=O)N1CCN([C@@H]2CC(=O)N(c3ccc(Br)cc3)C2=O)CC1. The second kappa shape index (κ2) is 7.53. The second-order valence-corrected chi connectivity index (χ2v) is 6.90. The summed E-state index contributed by atoms with van der Waals surface area (Å²) in [4.78, 5) is 41.8. The van der Waals surface area contributed by atoms with E-state index in [1.807, 2.05) is 4.90 Å². The van der Waals surface area contributed by atoms with Crippen molar-refractivity contribution >= 4 is 39.5 Å². The number of amides is 3. The molecule has 2 saturated heterocycles. The Morgan fingerprint density at radius 3 is 2.40 bits per heavy atom. The molecule has 3 amide bonds. The Balaban J connectivity index is 1.65. The van der Waals surface area contributed by atoms with Gasteiger partial charge in [-0.25, -0.2) is 9.69 Å². The molecule has 8 heteroatoms. The first-order chi connectivity index (χ1) is 12.0. The molecule has 0 saturated carbocycles. The number of rotatable bonds is 3. The number of halogens is 1. The first-order valence-corrected chi connectivity index (χ1v) is 9.08.